The molecule has 0 aliphatic heterocycles. The zero-order valence-corrected chi connectivity index (χ0v) is 28.7. The fourth-order valence-electron chi connectivity index (χ4n) is 5.59. The van der Waals surface area contributed by atoms with Crippen LogP contribution in [0.3, 0.4) is 0 Å². The first-order chi connectivity index (χ1) is 21.8. The van der Waals surface area contributed by atoms with E-state index in [9.17, 15) is 15.0 Å². The highest BCUT2D eigenvalue weighted by atomic mass is 28.4. The minimum atomic E-state index is -3.94. The van der Waals surface area contributed by atoms with E-state index in [-0.39, 0.29) is 37.3 Å². The third-order valence-electron chi connectivity index (χ3n) is 8.15. The fourth-order valence-corrected chi connectivity index (χ4v) is 10.1. The summed E-state index contributed by atoms with van der Waals surface area (Å²) in [6.07, 6.45) is -7.56. The minimum absolute atomic E-state index is 0.0593. The lowest BCUT2D eigenvalue weighted by atomic mass is 10.0. The zero-order valence-electron chi connectivity index (χ0n) is 27.7. The Kier molecular flexibility index (Phi) is 13.5. The maximum absolute atomic E-state index is 15.0. The lowest BCUT2D eigenvalue weighted by Gasteiger charge is -2.43. The lowest BCUT2D eigenvalue weighted by Crippen LogP contribution is -2.67. The normalized spacial score (nSPS) is 14.5. The minimum Gasteiger partial charge on any atom is -0.441 e. The van der Waals surface area contributed by atoms with Gasteiger partial charge in [-0.3, -0.25) is 0 Å². The van der Waals surface area contributed by atoms with Gasteiger partial charge in [0.2, 0.25) is 0 Å². The van der Waals surface area contributed by atoms with Crippen LogP contribution in [0.1, 0.15) is 53.5 Å². The van der Waals surface area contributed by atoms with Gasteiger partial charge in [-0.15, -0.1) is 0 Å². The first-order valence-corrected chi connectivity index (χ1v) is 17.7. The summed E-state index contributed by atoms with van der Waals surface area (Å²) in [5, 5.41) is 22.6. The third kappa shape index (κ3) is 9.01. The summed E-state index contributed by atoms with van der Waals surface area (Å²) in [5.41, 5.74) is 0.784. The van der Waals surface area contributed by atoms with Crippen molar-refractivity contribution in [1.82, 2.24) is 4.90 Å². The molecule has 0 aliphatic rings. The molecule has 3 aromatic rings. The van der Waals surface area contributed by atoms with Gasteiger partial charge in [-0.1, -0.05) is 119 Å². The number of carbonyl (C=O) groups is 1. The second-order valence-electron chi connectivity index (χ2n) is 12.8. The van der Waals surface area contributed by atoms with Crippen LogP contribution < -0.4 is 10.4 Å². The molecule has 0 aliphatic carbocycles. The Morgan fingerprint density at radius 1 is 0.870 bits per heavy atom. The molecule has 10 heteroatoms. The molecule has 0 spiro atoms. The van der Waals surface area contributed by atoms with Crippen LogP contribution in [0.5, 0.6) is 0 Å². The quantitative estimate of drug-likeness (QED) is 0.191. The van der Waals surface area contributed by atoms with Gasteiger partial charge >= 0.3 is 12.0 Å². The molecule has 0 fully saturated rings. The molecule has 3 aromatic carbocycles. The van der Waals surface area contributed by atoms with Gasteiger partial charge in [-0.2, -0.15) is 0 Å². The number of ether oxygens (including phenoxy) is 2. The summed E-state index contributed by atoms with van der Waals surface area (Å²) in [6.45, 7) is 11.2. The summed E-state index contributed by atoms with van der Waals surface area (Å²) >= 11 is 0. The highest BCUT2D eigenvalue weighted by Crippen LogP contribution is 2.37. The van der Waals surface area contributed by atoms with Crippen LogP contribution in [0.15, 0.2) is 91.0 Å². The van der Waals surface area contributed by atoms with E-state index in [0.29, 0.717) is 0 Å². The van der Waals surface area contributed by atoms with Gasteiger partial charge in [-0.25, -0.2) is 13.6 Å². The molecule has 0 aromatic heterocycles. The van der Waals surface area contributed by atoms with E-state index in [1.54, 1.807) is 26.0 Å². The van der Waals surface area contributed by atoms with Gasteiger partial charge < -0.3 is 29.0 Å². The number of aliphatic hydroxyl groups is 2. The van der Waals surface area contributed by atoms with E-state index < -0.39 is 45.3 Å². The van der Waals surface area contributed by atoms with Gasteiger partial charge in [0.1, 0.15) is 6.10 Å². The van der Waals surface area contributed by atoms with Crippen molar-refractivity contribution in [2.24, 2.45) is 0 Å². The summed E-state index contributed by atoms with van der Waals surface area (Å²) in [4.78, 5) is 15.0. The van der Waals surface area contributed by atoms with Crippen molar-refractivity contribution in [1.29, 1.82) is 0 Å². The van der Waals surface area contributed by atoms with E-state index >= 15 is 8.78 Å². The third-order valence-corrected chi connectivity index (χ3v) is 13.2. The molecule has 0 unspecified atom stereocenters. The van der Waals surface area contributed by atoms with Crippen LogP contribution in [0.2, 0.25) is 5.04 Å². The first-order valence-electron chi connectivity index (χ1n) is 15.8. The number of aliphatic hydroxyl groups excluding tert-OH is 2. The smallest absolute Gasteiger partial charge is 0.410 e. The highest BCUT2D eigenvalue weighted by molar-refractivity contribution is 6.99. The maximum Gasteiger partial charge on any atom is 0.410 e. The van der Waals surface area contributed by atoms with Crippen LogP contribution in [0.25, 0.3) is 0 Å². The molecule has 0 saturated carbocycles. The largest absolute Gasteiger partial charge is 0.441 e. The van der Waals surface area contributed by atoms with Crippen molar-refractivity contribution < 1.29 is 37.7 Å². The Bertz CT molecular complexity index is 1290. The van der Waals surface area contributed by atoms with Crippen LogP contribution in [0.4, 0.5) is 13.6 Å². The molecular formula is C36H49F2NO6Si. The van der Waals surface area contributed by atoms with Crippen LogP contribution >= 0.6 is 0 Å². The number of hydrogen-bond donors (Lipinski definition) is 2. The number of nitrogens with zero attached hydrogens (tertiary/aromatic N) is 1. The molecule has 0 saturated heterocycles. The Morgan fingerprint density at radius 3 is 1.83 bits per heavy atom. The molecule has 252 valence electrons. The number of hydrogen-bond acceptors (Lipinski definition) is 6. The Balaban J connectivity index is 1.83. The molecule has 0 bridgehead atoms. The predicted molar refractivity (Wildman–Crippen MR) is 179 cm³/mol. The van der Waals surface area contributed by atoms with Gasteiger partial charge in [0.15, 0.2) is 12.2 Å². The molecule has 46 heavy (non-hydrogen) atoms. The summed E-state index contributed by atoms with van der Waals surface area (Å²) in [5.74, 6) is -3.94. The molecule has 3 rings (SSSR count). The maximum atomic E-state index is 15.0. The Hall–Kier alpha value is -3.15. The number of rotatable bonds is 16. The second kappa shape index (κ2) is 16.6. The average molecular weight is 658 g/mol. The van der Waals surface area contributed by atoms with Gasteiger partial charge in [0.25, 0.3) is 8.32 Å². The van der Waals surface area contributed by atoms with E-state index in [0.717, 1.165) is 15.9 Å². The SMILES string of the molecule is CC[C@@H](O)C(F)(F)[C@H](O)[C@@H](COCc1ccccc1)OC(=O)N(CCO[Si](c1ccccc1)(c1ccccc1)C(C)(C)C)C(C)C. The lowest BCUT2D eigenvalue weighted by molar-refractivity contribution is -0.212. The van der Waals surface area contributed by atoms with Gasteiger partial charge in [0, 0.05) is 12.6 Å². The summed E-state index contributed by atoms with van der Waals surface area (Å²) in [6, 6.07) is 28.9. The van der Waals surface area contributed by atoms with E-state index in [1.165, 1.54) is 11.8 Å². The number of amides is 1. The van der Waals surface area contributed by atoms with Crippen LogP contribution in [0, 0.1) is 0 Å². The summed E-state index contributed by atoms with van der Waals surface area (Å²) in [7, 11) is -2.89. The van der Waals surface area contributed by atoms with Crippen molar-refractivity contribution in [3.8, 4) is 0 Å². The first kappa shape index (κ1) is 37.3. The van der Waals surface area contributed by atoms with Crippen LogP contribution in [-0.4, -0.2) is 79.6 Å². The second-order valence-corrected chi connectivity index (χ2v) is 17.1. The Labute approximate surface area is 273 Å². The number of carbonyl (C=O) groups excluding carboxylic acids is 1. The molecular weight excluding hydrogens is 608 g/mol. The van der Waals surface area contributed by atoms with Crippen molar-refractivity contribution in [3.05, 3.63) is 96.6 Å². The van der Waals surface area contributed by atoms with Gasteiger partial charge in [-0.05, 0) is 41.2 Å². The fraction of sp³-hybridized carbons (Fsp3) is 0.472. The number of alkyl halides is 2. The van der Waals surface area contributed by atoms with E-state index in [2.05, 4.69) is 45.0 Å². The standard InChI is InChI=1S/C36H49F2NO6Si/c1-7-32(40)36(37,38)33(41)31(26-43-25-28-17-11-8-12-18-28)45-34(42)39(27(2)3)23-24-44-46(35(4,5)6,29-19-13-9-14-20-29)30-21-15-10-16-22-30/h8-22,27,31-33,40-41H,7,23-26H2,1-6H3/t31-,32-,33-/m1/s1. The van der Waals surface area contributed by atoms with E-state index in [4.69, 9.17) is 13.9 Å². The zero-order chi connectivity index (χ0) is 34.0. The predicted octanol–water partition coefficient (Wildman–Crippen LogP) is 5.76. The molecule has 0 radical (unpaired) electrons. The monoisotopic (exact) mass is 657 g/mol. The molecule has 7 nitrogen and oxygen atoms in total. The molecule has 1 amide bonds. The highest BCUT2D eigenvalue weighted by Gasteiger charge is 2.51. The molecule has 3 atom stereocenters. The van der Waals surface area contributed by atoms with Crippen molar-refractivity contribution in [3.63, 3.8) is 0 Å². The van der Waals surface area contributed by atoms with Gasteiger partial charge in [0.05, 0.1) is 19.8 Å². The van der Waals surface area contributed by atoms with E-state index in [1.807, 2.05) is 54.6 Å². The van der Waals surface area contributed by atoms with Crippen molar-refractivity contribution in [2.45, 2.75) is 89.9 Å². The number of halogens is 2. The van der Waals surface area contributed by atoms with Crippen LogP contribution in [-0.2, 0) is 20.5 Å². The van der Waals surface area contributed by atoms with Crippen molar-refractivity contribution in [2.75, 3.05) is 19.8 Å². The molecule has 2 N–H and O–H groups in total. The topological polar surface area (TPSA) is 88.5 Å². The average Bonchev–Trinajstić information content (AvgIpc) is 3.04. The number of benzene rings is 3. The van der Waals surface area contributed by atoms with Crippen molar-refractivity contribution >= 4 is 24.8 Å². The molecule has 0 heterocycles. The Morgan fingerprint density at radius 2 is 1.37 bits per heavy atom. The summed E-state index contributed by atoms with van der Waals surface area (Å²) < 4.78 is 48.1.